The van der Waals surface area contributed by atoms with E-state index < -0.39 is 0 Å². The first-order chi connectivity index (χ1) is 15.2. The molecule has 32 heavy (non-hydrogen) atoms. The van der Waals surface area contributed by atoms with Crippen molar-refractivity contribution in [1.82, 2.24) is 4.98 Å². The number of carbonyl (C=O) groups excluding carboxylic acids is 1. The van der Waals surface area contributed by atoms with Crippen molar-refractivity contribution in [3.8, 4) is 0 Å². The number of nitrogens with one attached hydrogen (secondary N) is 1. The van der Waals surface area contributed by atoms with E-state index in [9.17, 15) is 4.79 Å². The molecule has 0 saturated heterocycles. The van der Waals surface area contributed by atoms with Gasteiger partial charge in [-0.3, -0.25) is 4.90 Å². The van der Waals surface area contributed by atoms with Gasteiger partial charge in [0.1, 0.15) is 0 Å². The van der Waals surface area contributed by atoms with E-state index in [4.69, 9.17) is 5.73 Å². The molecule has 1 fully saturated rings. The second kappa shape index (κ2) is 8.65. The standard InChI is InChI=1S/C28H37N3O/c1-18(2)21-12-10-13-22(19(3)4)26(21)31(27(29)32)17-28(15-8-9-16-28)25-20(5)30-24-14-7-6-11-23(24)25/h6-7,10-14,18-19,30H,8-9,15-17H2,1-5H3,(H2,29,32). The van der Waals surface area contributed by atoms with Crippen LogP contribution in [0.15, 0.2) is 42.5 Å². The predicted octanol–water partition coefficient (Wildman–Crippen LogP) is 7.12. The Morgan fingerprint density at radius 1 is 1.00 bits per heavy atom. The van der Waals surface area contributed by atoms with Gasteiger partial charge >= 0.3 is 6.03 Å². The minimum Gasteiger partial charge on any atom is -0.358 e. The summed E-state index contributed by atoms with van der Waals surface area (Å²) in [4.78, 5) is 18.5. The summed E-state index contributed by atoms with van der Waals surface area (Å²) < 4.78 is 0. The fourth-order valence-electron chi connectivity index (χ4n) is 5.89. The molecule has 2 aromatic carbocycles. The van der Waals surface area contributed by atoms with Crippen LogP contribution in [0.5, 0.6) is 0 Å². The van der Waals surface area contributed by atoms with E-state index in [1.807, 2.05) is 4.90 Å². The van der Waals surface area contributed by atoms with Gasteiger partial charge in [-0.2, -0.15) is 0 Å². The maximum atomic E-state index is 13.0. The van der Waals surface area contributed by atoms with Crippen LogP contribution in [0.25, 0.3) is 10.9 Å². The Morgan fingerprint density at radius 3 is 2.16 bits per heavy atom. The topological polar surface area (TPSA) is 62.1 Å². The van der Waals surface area contributed by atoms with Crippen molar-refractivity contribution in [3.05, 3.63) is 64.8 Å². The third-order valence-corrected chi connectivity index (χ3v) is 7.32. The fraction of sp³-hybridized carbons (Fsp3) is 0.464. The largest absolute Gasteiger partial charge is 0.358 e. The van der Waals surface area contributed by atoms with Crippen LogP contribution < -0.4 is 10.6 Å². The Morgan fingerprint density at radius 2 is 1.59 bits per heavy atom. The van der Waals surface area contributed by atoms with Crippen LogP contribution in [-0.2, 0) is 5.41 Å². The minimum atomic E-state index is -0.358. The summed E-state index contributed by atoms with van der Waals surface area (Å²) in [5, 5.41) is 1.28. The molecule has 1 saturated carbocycles. The zero-order chi connectivity index (χ0) is 23.0. The average Bonchev–Trinajstić information content (AvgIpc) is 3.35. The first-order valence-corrected chi connectivity index (χ1v) is 12.0. The molecule has 0 radical (unpaired) electrons. The summed E-state index contributed by atoms with van der Waals surface area (Å²) in [5.41, 5.74) is 13.2. The third kappa shape index (κ3) is 3.80. The number of H-pyrrole nitrogens is 1. The molecular formula is C28H37N3O. The molecule has 0 aliphatic heterocycles. The number of nitrogens with two attached hydrogens (primary N) is 1. The molecule has 1 heterocycles. The molecular weight excluding hydrogens is 394 g/mol. The summed E-state index contributed by atoms with van der Waals surface area (Å²) in [6, 6.07) is 14.6. The first-order valence-electron chi connectivity index (χ1n) is 12.0. The summed E-state index contributed by atoms with van der Waals surface area (Å²) in [6.07, 6.45) is 4.49. The molecule has 3 N–H and O–H groups in total. The van der Waals surface area contributed by atoms with E-state index in [2.05, 4.69) is 82.1 Å². The predicted molar refractivity (Wildman–Crippen MR) is 135 cm³/mol. The van der Waals surface area contributed by atoms with Gasteiger partial charge in [-0.05, 0) is 54.4 Å². The van der Waals surface area contributed by atoms with Gasteiger partial charge in [0, 0.05) is 28.6 Å². The smallest absolute Gasteiger partial charge is 0.319 e. The molecule has 1 aliphatic rings. The molecule has 1 aliphatic carbocycles. The van der Waals surface area contributed by atoms with E-state index >= 15 is 0 Å². The number of rotatable bonds is 6. The van der Waals surface area contributed by atoms with Crippen LogP contribution in [0.4, 0.5) is 10.5 Å². The van der Waals surface area contributed by atoms with Crippen molar-refractivity contribution < 1.29 is 4.79 Å². The van der Waals surface area contributed by atoms with Crippen molar-refractivity contribution >= 4 is 22.6 Å². The van der Waals surface area contributed by atoms with E-state index in [1.54, 1.807) is 0 Å². The molecule has 4 rings (SSSR count). The van der Waals surface area contributed by atoms with Crippen molar-refractivity contribution in [2.75, 3.05) is 11.4 Å². The number of aromatic amines is 1. The molecule has 170 valence electrons. The van der Waals surface area contributed by atoms with Crippen LogP contribution in [0.3, 0.4) is 0 Å². The van der Waals surface area contributed by atoms with Gasteiger partial charge in [0.25, 0.3) is 0 Å². The molecule has 0 bridgehead atoms. The number of aryl methyl sites for hydroxylation is 1. The lowest BCUT2D eigenvalue weighted by Gasteiger charge is -2.38. The monoisotopic (exact) mass is 431 g/mol. The van der Waals surface area contributed by atoms with Gasteiger partial charge < -0.3 is 10.7 Å². The number of hydrogen-bond acceptors (Lipinski definition) is 1. The number of primary amides is 1. The molecule has 4 nitrogen and oxygen atoms in total. The molecule has 0 atom stereocenters. The van der Waals surface area contributed by atoms with Crippen LogP contribution in [-0.4, -0.2) is 17.6 Å². The number of para-hydroxylation sites is 2. The normalized spacial score (nSPS) is 15.7. The molecule has 3 aromatic rings. The Hall–Kier alpha value is -2.75. The van der Waals surface area contributed by atoms with Gasteiger partial charge in [0.15, 0.2) is 0 Å². The highest BCUT2D eigenvalue weighted by Crippen LogP contribution is 2.47. The Bertz CT molecular complexity index is 1090. The fourth-order valence-corrected chi connectivity index (χ4v) is 5.89. The second-order valence-electron chi connectivity index (χ2n) is 10.2. The van der Waals surface area contributed by atoms with Crippen LogP contribution in [0.1, 0.15) is 87.6 Å². The van der Waals surface area contributed by atoms with Gasteiger partial charge in [0.2, 0.25) is 0 Å². The quantitative estimate of drug-likeness (QED) is 0.429. The number of amides is 2. The number of anilines is 1. The lowest BCUT2D eigenvalue weighted by Crippen LogP contribution is -2.46. The number of carbonyl (C=O) groups is 1. The first kappa shape index (κ1) is 22.4. The lowest BCUT2D eigenvalue weighted by molar-refractivity contribution is 0.251. The lowest BCUT2D eigenvalue weighted by atomic mass is 9.76. The summed E-state index contributed by atoms with van der Waals surface area (Å²) in [5.74, 6) is 0.611. The van der Waals surface area contributed by atoms with Crippen molar-refractivity contribution in [2.24, 2.45) is 5.73 Å². The molecule has 2 amide bonds. The number of aromatic nitrogens is 1. The number of fused-ring (bicyclic) bond motifs is 1. The highest BCUT2D eigenvalue weighted by molar-refractivity contribution is 5.94. The third-order valence-electron chi connectivity index (χ3n) is 7.32. The second-order valence-corrected chi connectivity index (χ2v) is 10.2. The SMILES string of the molecule is Cc1[nH]c2ccccc2c1C1(CN(C(N)=O)c2c(C(C)C)cccc2C(C)C)CCCC1. The number of hydrogen-bond donors (Lipinski definition) is 2. The van der Waals surface area contributed by atoms with E-state index in [1.165, 1.54) is 46.1 Å². The molecule has 1 aromatic heterocycles. The summed E-state index contributed by atoms with van der Waals surface area (Å²) in [7, 11) is 0. The highest BCUT2D eigenvalue weighted by Gasteiger charge is 2.42. The average molecular weight is 432 g/mol. The number of nitrogens with zero attached hydrogens (tertiary/aromatic N) is 1. The van der Waals surface area contributed by atoms with Crippen molar-refractivity contribution in [1.29, 1.82) is 0 Å². The van der Waals surface area contributed by atoms with Crippen molar-refractivity contribution in [3.63, 3.8) is 0 Å². The van der Waals surface area contributed by atoms with Crippen LogP contribution in [0.2, 0.25) is 0 Å². The molecule has 0 spiro atoms. The van der Waals surface area contributed by atoms with Crippen LogP contribution in [0, 0.1) is 6.92 Å². The van der Waals surface area contributed by atoms with E-state index in [0.717, 1.165) is 18.5 Å². The number of urea groups is 1. The Labute approximate surface area is 192 Å². The van der Waals surface area contributed by atoms with E-state index in [-0.39, 0.29) is 11.4 Å². The molecule has 4 heteroatoms. The minimum absolute atomic E-state index is 0.100. The molecule has 0 unspecified atom stereocenters. The summed E-state index contributed by atoms with van der Waals surface area (Å²) in [6.45, 7) is 11.6. The highest BCUT2D eigenvalue weighted by atomic mass is 16.2. The zero-order valence-electron chi connectivity index (χ0n) is 20.2. The Balaban J connectivity index is 1.89. The van der Waals surface area contributed by atoms with Crippen molar-refractivity contribution in [2.45, 2.75) is 77.6 Å². The van der Waals surface area contributed by atoms with Gasteiger partial charge in [-0.25, -0.2) is 4.79 Å². The zero-order valence-corrected chi connectivity index (χ0v) is 20.2. The maximum absolute atomic E-state index is 13.0. The Kier molecular flexibility index (Phi) is 6.07. The van der Waals surface area contributed by atoms with Gasteiger partial charge in [0.05, 0.1) is 5.69 Å². The van der Waals surface area contributed by atoms with E-state index in [0.29, 0.717) is 18.4 Å². The van der Waals surface area contributed by atoms with Gasteiger partial charge in [-0.15, -0.1) is 0 Å². The summed E-state index contributed by atoms with van der Waals surface area (Å²) >= 11 is 0. The van der Waals surface area contributed by atoms with Crippen LogP contribution >= 0.6 is 0 Å². The van der Waals surface area contributed by atoms with Gasteiger partial charge in [-0.1, -0.05) is 76.9 Å². The number of benzene rings is 2. The maximum Gasteiger partial charge on any atom is 0.319 e.